The summed E-state index contributed by atoms with van der Waals surface area (Å²) in [6, 6.07) is 3.85. The van der Waals surface area contributed by atoms with E-state index in [-0.39, 0.29) is 0 Å². The third-order valence-electron chi connectivity index (χ3n) is 3.35. The molecule has 0 heterocycles. The van der Waals surface area contributed by atoms with E-state index in [0.29, 0.717) is 27.8 Å². The first-order valence-electron chi connectivity index (χ1n) is 5.45. The summed E-state index contributed by atoms with van der Waals surface area (Å²) < 4.78 is 1.73. The Morgan fingerprint density at radius 3 is 2.26 bits per heavy atom. The van der Waals surface area contributed by atoms with Crippen molar-refractivity contribution >= 4 is 66.4 Å². The summed E-state index contributed by atoms with van der Waals surface area (Å²) >= 11 is 19.4. The van der Waals surface area contributed by atoms with Crippen molar-refractivity contribution in [2.45, 2.75) is 6.42 Å². The van der Waals surface area contributed by atoms with Crippen molar-refractivity contribution in [1.82, 2.24) is 0 Å². The first-order valence-corrected chi connectivity index (χ1v) is 7.79. The number of rotatable bonds is 0. The number of nitrogens with two attached hydrogens (primary N) is 2. The molecule has 0 spiro atoms. The lowest BCUT2D eigenvalue weighted by atomic mass is 10.0. The number of benzene rings is 2. The molecule has 98 valence electrons. The molecule has 0 unspecified atom stereocenters. The summed E-state index contributed by atoms with van der Waals surface area (Å²) in [7, 11) is 0. The van der Waals surface area contributed by atoms with Crippen molar-refractivity contribution in [3.63, 3.8) is 0 Å². The van der Waals surface area contributed by atoms with Crippen molar-refractivity contribution in [3.05, 3.63) is 42.3 Å². The second kappa shape index (κ2) is 4.55. The van der Waals surface area contributed by atoms with Crippen molar-refractivity contribution in [2.24, 2.45) is 0 Å². The second-order valence-electron chi connectivity index (χ2n) is 4.40. The lowest BCUT2D eigenvalue weighted by Gasteiger charge is -2.09. The maximum Gasteiger partial charge on any atom is 0.0696 e. The molecule has 2 aromatic carbocycles. The molecule has 0 aromatic heterocycles. The van der Waals surface area contributed by atoms with Crippen LogP contribution in [0.3, 0.4) is 0 Å². The first-order chi connectivity index (χ1) is 8.91. The minimum atomic E-state index is 0.429. The summed E-state index contributed by atoms with van der Waals surface area (Å²) in [5, 5.41) is 1.00. The fourth-order valence-electron chi connectivity index (χ4n) is 2.36. The fourth-order valence-corrected chi connectivity index (χ4v) is 4.14. The molecule has 1 aliphatic rings. The predicted octanol–water partition coefficient (Wildman–Crippen LogP) is 5.25. The Hall–Kier alpha value is -0.420. The monoisotopic (exact) mass is 420 g/mol. The van der Waals surface area contributed by atoms with Crippen LogP contribution in [-0.4, -0.2) is 0 Å². The van der Waals surface area contributed by atoms with E-state index in [1.807, 2.05) is 12.1 Å². The summed E-state index contributed by atoms with van der Waals surface area (Å²) in [5.41, 5.74) is 17.2. The quantitative estimate of drug-likeness (QED) is 0.486. The lowest BCUT2D eigenvalue weighted by molar-refractivity contribution is 1.25. The highest BCUT2D eigenvalue weighted by molar-refractivity contribution is 9.11. The molecule has 6 heteroatoms. The smallest absolute Gasteiger partial charge is 0.0696 e. The van der Waals surface area contributed by atoms with Crippen molar-refractivity contribution in [3.8, 4) is 11.1 Å². The average molecular weight is 423 g/mol. The van der Waals surface area contributed by atoms with Gasteiger partial charge in [0.15, 0.2) is 0 Å². The Labute approximate surface area is 137 Å². The first kappa shape index (κ1) is 13.6. The summed E-state index contributed by atoms with van der Waals surface area (Å²) in [5.74, 6) is 0. The molecule has 0 bridgehead atoms. The Bertz CT molecular complexity index is 668. The standard InChI is InChI=1S/C13H8Br2Cl2N2/c14-8-2-4-5-3-9(16)13(19)11(17)7(5)1-6(4)10(15)12(8)18/h2-3H,1,18-19H2. The van der Waals surface area contributed by atoms with Gasteiger partial charge in [0.05, 0.1) is 21.4 Å². The molecule has 0 saturated carbocycles. The average Bonchev–Trinajstić information content (AvgIpc) is 2.73. The van der Waals surface area contributed by atoms with Crippen LogP contribution in [0.4, 0.5) is 11.4 Å². The van der Waals surface area contributed by atoms with Crippen molar-refractivity contribution < 1.29 is 0 Å². The molecule has 0 aliphatic heterocycles. The molecule has 0 fully saturated rings. The molecule has 19 heavy (non-hydrogen) atoms. The van der Waals surface area contributed by atoms with Crippen LogP contribution in [0, 0.1) is 0 Å². The molecule has 2 aromatic rings. The van der Waals surface area contributed by atoms with E-state index in [2.05, 4.69) is 31.9 Å². The SMILES string of the molecule is Nc1c(Cl)cc2c(c1Cl)Cc1c-2cc(Br)c(N)c1Br. The molecule has 1 aliphatic carbocycles. The van der Waals surface area contributed by atoms with E-state index in [4.69, 9.17) is 34.7 Å². The van der Waals surface area contributed by atoms with Crippen LogP contribution in [0.15, 0.2) is 21.1 Å². The van der Waals surface area contributed by atoms with Gasteiger partial charge in [-0.05, 0) is 66.2 Å². The zero-order valence-electron chi connectivity index (χ0n) is 9.53. The van der Waals surface area contributed by atoms with E-state index in [0.717, 1.165) is 31.2 Å². The number of fused-ring (bicyclic) bond motifs is 3. The van der Waals surface area contributed by atoms with Gasteiger partial charge in [0, 0.05) is 15.4 Å². The molecule has 0 amide bonds. The molecule has 2 nitrogen and oxygen atoms in total. The minimum Gasteiger partial charge on any atom is -0.397 e. The van der Waals surface area contributed by atoms with E-state index in [1.165, 1.54) is 0 Å². The fraction of sp³-hybridized carbons (Fsp3) is 0.0769. The highest BCUT2D eigenvalue weighted by Crippen LogP contribution is 2.49. The van der Waals surface area contributed by atoms with Crippen LogP contribution in [0.2, 0.25) is 10.0 Å². The number of hydrogen-bond donors (Lipinski definition) is 2. The highest BCUT2D eigenvalue weighted by Gasteiger charge is 2.27. The zero-order chi connectivity index (χ0) is 13.9. The van der Waals surface area contributed by atoms with E-state index in [9.17, 15) is 0 Å². The van der Waals surface area contributed by atoms with Gasteiger partial charge < -0.3 is 11.5 Å². The molecular formula is C13H8Br2Cl2N2. The van der Waals surface area contributed by atoms with Crippen LogP contribution >= 0.6 is 55.1 Å². The Morgan fingerprint density at radius 2 is 1.58 bits per heavy atom. The normalized spacial score (nSPS) is 12.4. The van der Waals surface area contributed by atoms with Gasteiger partial charge in [-0.3, -0.25) is 0 Å². The predicted molar refractivity (Wildman–Crippen MR) is 88.9 cm³/mol. The van der Waals surface area contributed by atoms with Gasteiger partial charge in [-0.25, -0.2) is 0 Å². The summed E-state index contributed by atoms with van der Waals surface area (Å²) in [6.45, 7) is 0. The van der Waals surface area contributed by atoms with Gasteiger partial charge in [0.1, 0.15) is 0 Å². The van der Waals surface area contributed by atoms with Gasteiger partial charge in [-0.2, -0.15) is 0 Å². The third-order valence-corrected chi connectivity index (χ3v) is 5.66. The molecule has 4 N–H and O–H groups in total. The molecule has 3 rings (SSSR count). The van der Waals surface area contributed by atoms with E-state index < -0.39 is 0 Å². The number of anilines is 2. The summed E-state index contributed by atoms with van der Waals surface area (Å²) in [6.07, 6.45) is 0.697. The number of nitrogen functional groups attached to an aromatic ring is 2. The molecular weight excluding hydrogens is 415 g/mol. The van der Waals surface area contributed by atoms with E-state index >= 15 is 0 Å². The molecule has 0 radical (unpaired) electrons. The Kier molecular flexibility index (Phi) is 3.25. The minimum absolute atomic E-state index is 0.429. The highest BCUT2D eigenvalue weighted by atomic mass is 79.9. The third kappa shape index (κ3) is 1.88. The largest absolute Gasteiger partial charge is 0.397 e. The van der Waals surface area contributed by atoms with Crippen LogP contribution in [-0.2, 0) is 6.42 Å². The van der Waals surface area contributed by atoms with Crippen LogP contribution in [0.1, 0.15) is 11.1 Å². The van der Waals surface area contributed by atoms with Crippen LogP contribution in [0.5, 0.6) is 0 Å². The molecule has 0 saturated heterocycles. The van der Waals surface area contributed by atoms with E-state index in [1.54, 1.807) is 0 Å². The maximum atomic E-state index is 6.30. The molecule has 0 atom stereocenters. The van der Waals surface area contributed by atoms with Crippen molar-refractivity contribution in [2.75, 3.05) is 11.5 Å². The van der Waals surface area contributed by atoms with Gasteiger partial charge >= 0.3 is 0 Å². The maximum absolute atomic E-state index is 6.30. The number of halogens is 4. The zero-order valence-corrected chi connectivity index (χ0v) is 14.2. The van der Waals surface area contributed by atoms with Gasteiger partial charge in [0.2, 0.25) is 0 Å². The van der Waals surface area contributed by atoms with Crippen LogP contribution in [0.25, 0.3) is 11.1 Å². The second-order valence-corrected chi connectivity index (χ2v) is 6.83. The van der Waals surface area contributed by atoms with Gasteiger partial charge in [-0.1, -0.05) is 23.2 Å². The topological polar surface area (TPSA) is 52.0 Å². The lowest BCUT2D eigenvalue weighted by Crippen LogP contribution is -1.93. The van der Waals surface area contributed by atoms with Crippen LogP contribution < -0.4 is 11.5 Å². The van der Waals surface area contributed by atoms with Crippen molar-refractivity contribution in [1.29, 1.82) is 0 Å². The van der Waals surface area contributed by atoms with Gasteiger partial charge in [0.25, 0.3) is 0 Å². The Morgan fingerprint density at radius 1 is 0.947 bits per heavy atom. The van der Waals surface area contributed by atoms with Gasteiger partial charge in [-0.15, -0.1) is 0 Å². The Balaban J connectivity index is 2.36. The number of hydrogen-bond acceptors (Lipinski definition) is 2. The summed E-state index contributed by atoms with van der Waals surface area (Å²) in [4.78, 5) is 0.